The van der Waals surface area contributed by atoms with Crippen LogP contribution in [0.5, 0.6) is 0 Å². The summed E-state index contributed by atoms with van der Waals surface area (Å²) in [4.78, 5) is 4.34. The number of hydrogen-bond acceptors (Lipinski definition) is 4. The van der Waals surface area contributed by atoms with E-state index in [2.05, 4.69) is 22.4 Å². The molecule has 1 aliphatic heterocycles. The van der Waals surface area contributed by atoms with Gasteiger partial charge in [0.1, 0.15) is 0 Å². The topological polar surface area (TPSA) is 49.7 Å². The van der Waals surface area contributed by atoms with Crippen LogP contribution < -0.4 is 0 Å². The Kier molecular flexibility index (Phi) is 3.27. The van der Waals surface area contributed by atoms with E-state index in [0.29, 0.717) is 42.3 Å². The standard InChI is InChI=1S/C13H14N2O2S2/c16-19(17,10-4-2-1-3-5-10)15-7-12-11(6-14-9-18)13(12)8-15/h1-5,11-13H,6-8H2. The second kappa shape index (κ2) is 4.80. The number of sulfonamides is 1. The Morgan fingerprint density at radius 2 is 1.89 bits per heavy atom. The monoisotopic (exact) mass is 294 g/mol. The highest BCUT2D eigenvalue weighted by atomic mass is 32.2. The molecular formula is C13H14N2O2S2. The van der Waals surface area contributed by atoms with Crippen LogP contribution in [0.2, 0.25) is 0 Å². The summed E-state index contributed by atoms with van der Waals surface area (Å²) in [5, 5.41) is 2.37. The summed E-state index contributed by atoms with van der Waals surface area (Å²) in [6.07, 6.45) is 0. The largest absolute Gasteiger partial charge is 0.243 e. The fourth-order valence-electron chi connectivity index (χ4n) is 2.96. The molecule has 0 radical (unpaired) electrons. The fraction of sp³-hybridized carbons (Fsp3) is 0.462. The molecule has 4 nitrogen and oxygen atoms in total. The van der Waals surface area contributed by atoms with Gasteiger partial charge in [0, 0.05) is 13.1 Å². The van der Waals surface area contributed by atoms with E-state index in [0.717, 1.165) is 0 Å². The van der Waals surface area contributed by atoms with Gasteiger partial charge < -0.3 is 0 Å². The van der Waals surface area contributed by atoms with E-state index in [-0.39, 0.29) is 0 Å². The number of hydrogen-bond donors (Lipinski definition) is 0. The second-order valence-electron chi connectivity index (χ2n) is 5.06. The fourth-order valence-corrected chi connectivity index (χ4v) is 4.57. The van der Waals surface area contributed by atoms with Gasteiger partial charge in [0.2, 0.25) is 10.0 Å². The summed E-state index contributed by atoms with van der Waals surface area (Å²) < 4.78 is 26.4. The third kappa shape index (κ3) is 2.25. The first-order valence-electron chi connectivity index (χ1n) is 6.23. The predicted molar refractivity (Wildman–Crippen MR) is 75.6 cm³/mol. The lowest BCUT2D eigenvalue weighted by Gasteiger charge is -2.19. The Labute approximate surface area is 118 Å². The van der Waals surface area contributed by atoms with Gasteiger partial charge in [-0.2, -0.15) is 4.31 Å². The molecule has 100 valence electrons. The zero-order valence-corrected chi connectivity index (χ0v) is 11.9. The summed E-state index contributed by atoms with van der Waals surface area (Å²) in [5.74, 6) is 1.40. The quantitative estimate of drug-likeness (QED) is 0.627. The number of nitrogens with zero attached hydrogens (tertiary/aromatic N) is 2. The molecule has 1 aromatic rings. The molecule has 2 aliphatic rings. The Hall–Kier alpha value is -1.07. The first-order chi connectivity index (χ1) is 9.14. The molecule has 1 heterocycles. The SMILES string of the molecule is O=S(=O)(c1ccccc1)N1CC2C(CN=C=S)C2C1. The van der Waals surface area contributed by atoms with Gasteiger partial charge in [0.15, 0.2) is 0 Å². The van der Waals surface area contributed by atoms with Crippen molar-refractivity contribution in [3.05, 3.63) is 30.3 Å². The lowest BCUT2D eigenvalue weighted by molar-refractivity contribution is 0.414. The minimum Gasteiger partial charge on any atom is -0.232 e. The van der Waals surface area contributed by atoms with Crippen molar-refractivity contribution in [2.75, 3.05) is 19.6 Å². The normalized spacial score (nSPS) is 29.6. The van der Waals surface area contributed by atoms with Crippen LogP contribution in [0.25, 0.3) is 0 Å². The van der Waals surface area contributed by atoms with Crippen LogP contribution in [0.1, 0.15) is 0 Å². The average molecular weight is 294 g/mol. The van der Waals surface area contributed by atoms with Gasteiger partial charge >= 0.3 is 0 Å². The summed E-state index contributed by atoms with van der Waals surface area (Å²) in [5.41, 5.74) is 0. The maximum Gasteiger partial charge on any atom is 0.243 e. The van der Waals surface area contributed by atoms with Crippen molar-refractivity contribution >= 4 is 27.4 Å². The van der Waals surface area contributed by atoms with Crippen molar-refractivity contribution in [1.29, 1.82) is 0 Å². The number of fused-ring (bicyclic) bond motifs is 1. The lowest BCUT2D eigenvalue weighted by atomic mass is 10.3. The van der Waals surface area contributed by atoms with E-state index in [9.17, 15) is 8.42 Å². The molecular weight excluding hydrogens is 280 g/mol. The van der Waals surface area contributed by atoms with Gasteiger partial charge in [0.05, 0.1) is 16.6 Å². The maximum atomic E-state index is 12.4. The Bertz CT molecular complexity index is 611. The molecule has 1 aromatic carbocycles. The van der Waals surface area contributed by atoms with Crippen LogP contribution >= 0.6 is 12.2 Å². The molecule has 3 rings (SSSR count). The number of benzene rings is 1. The zero-order valence-electron chi connectivity index (χ0n) is 10.3. The van der Waals surface area contributed by atoms with Crippen LogP contribution in [-0.2, 0) is 10.0 Å². The van der Waals surface area contributed by atoms with E-state index < -0.39 is 10.0 Å². The van der Waals surface area contributed by atoms with Crippen molar-refractivity contribution in [2.45, 2.75) is 4.90 Å². The zero-order chi connectivity index (χ0) is 13.5. The second-order valence-corrected chi connectivity index (χ2v) is 7.18. The summed E-state index contributed by atoms with van der Waals surface area (Å²) >= 11 is 4.55. The number of aliphatic imine (C=N–C) groups is 1. The third-order valence-electron chi connectivity index (χ3n) is 4.09. The molecule has 1 saturated carbocycles. The van der Waals surface area contributed by atoms with Crippen LogP contribution in [0, 0.1) is 17.8 Å². The van der Waals surface area contributed by atoms with Gasteiger partial charge in [-0.15, -0.1) is 0 Å². The van der Waals surface area contributed by atoms with Crippen molar-refractivity contribution in [1.82, 2.24) is 4.31 Å². The van der Waals surface area contributed by atoms with Crippen molar-refractivity contribution in [2.24, 2.45) is 22.7 Å². The van der Waals surface area contributed by atoms with Crippen molar-refractivity contribution < 1.29 is 8.42 Å². The predicted octanol–water partition coefficient (Wildman–Crippen LogP) is 1.66. The molecule has 1 saturated heterocycles. The highest BCUT2D eigenvalue weighted by Crippen LogP contribution is 2.52. The number of isothiocyanates is 1. The molecule has 0 amide bonds. The first-order valence-corrected chi connectivity index (χ1v) is 8.08. The van der Waals surface area contributed by atoms with Crippen LogP contribution in [0.3, 0.4) is 0 Å². The van der Waals surface area contributed by atoms with Gasteiger partial charge in [-0.25, -0.2) is 13.4 Å². The van der Waals surface area contributed by atoms with E-state index in [1.54, 1.807) is 28.6 Å². The molecule has 2 atom stereocenters. The van der Waals surface area contributed by atoms with Gasteiger partial charge in [0.25, 0.3) is 0 Å². The first kappa shape index (κ1) is 12.9. The van der Waals surface area contributed by atoms with E-state index in [1.165, 1.54) is 0 Å². The van der Waals surface area contributed by atoms with E-state index in [1.807, 2.05) is 6.07 Å². The van der Waals surface area contributed by atoms with Gasteiger partial charge in [-0.05, 0) is 42.1 Å². The Morgan fingerprint density at radius 1 is 1.26 bits per heavy atom. The van der Waals surface area contributed by atoms with E-state index in [4.69, 9.17) is 0 Å². The minimum atomic E-state index is -3.32. The Morgan fingerprint density at radius 3 is 2.47 bits per heavy atom. The number of piperidine rings is 1. The number of thiocarbonyl (C=S) groups is 1. The Balaban J connectivity index is 1.70. The summed E-state index contributed by atoms with van der Waals surface area (Å²) in [6, 6.07) is 8.61. The molecule has 2 unspecified atom stereocenters. The molecule has 0 spiro atoms. The average Bonchev–Trinajstić information content (AvgIpc) is 2.87. The third-order valence-corrected chi connectivity index (χ3v) is 6.06. The highest BCUT2D eigenvalue weighted by Gasteiger charge is 2.57. The summed E-state index contributed by atoms with van der Waals surface area (Å²) in [6.45, 7) is 1.91. The van der Waals surface area contributed by atoms with Gasteiger partial charge in [-0.3, -0.25) is 0 Å². The summed E-state index contributed by atoms with van der Waals surface area (Å²) in [7, 11) is -3.32. The van der Waals surface area contributed by atoms with Crippen molar-refractivity contribution in [3.8, 4) is 0 Å². The van der Waals surface area contributed by atoms with Crippen molar-refractivity contribution in [3.63, 3.8) is 0 Å². The maximum absolute atomic E-state index is 12.4. The molecule has 0 bridgehead atoms. The molecule has 2 fully saturated rings. The van der Waals surface area contributed by atoms with Crippen LogP contribution in [-0.4, -0.2) is 37.5 Å². The molecule has 0 aromatic heterocycles. The van der Waals surface area contributed by atoms with Crippen LogP contribution in [0.4, 0.5) is 0 Å². The smallest absolute Gasteiger partial charge is 0.232 e. The number of rotatable bonds is 4. The molecule has 6 heteroatoms. The highest BCUT2D eigenvalue weighted by molar-refractivity contribution is 7.89. The molecule has 0 N–H and O–H groups in total. The van der Waals surface area contributed by atoms with E-state index >= 15 is 0 Å². The van der Waals surface area contributed by atoms with Gasteiger partial charge in [-0.1, -0.05) is 18.2 Å². The lowest BCUT2D eigenvalue weighted by Crippen LogP contribution is -2.31. The van der Waals surface area contributed by atoms with Crippen LogP contribution in [0.15, 0.2) is 40.2 Å². The molecule has 1 aliphatic carbocycles. The minimum absolute atomic E-state index is 0.379. The molecule has 19 heavy (non-hydrogen) atoms.